The van der Waals surface area contributed by atoms with Gasteiger partial charge in [0.25, 0.3) is 0 Å². The Morgan fingerprint density at radius 2 is 2.13 bits per heavy atom. The molecule has 2 bridgehead atoms. The van der Waals surface area contributed by atoms with Gasteiger partial charge in [0, 0.05) is 38.7 Å². The largest absolute Gasteiger partial charge is 0.481 e. The van der Waals surface area contributed by atoms with Crippen LogP contribution in [-0.4, -0.2) is 60.8 Å². The molecule has 23 heavy (non-hydrogen) atoms. The molecule has 3 rings (SSSR count). The molecule has 0 saturated carbocycles. The van der Waals surface area contributed by atoms with Gasteiger partial charge in [-0.15, -0.1) is 0 Å². The predicted octanol–water partition coefficient (Wildman–Crippen LogP) is 1.17. The number of nitrogens with zero attached hydrogens (tertiary/aromatic N) is 1. The lowest BCUT2D eigenvalue weighted by Gasteiger charge is -2.38. The number of carbonyl (C=O) groups is 2. The fourth-order valence-electron chi connectivity index (χ4n) is 4.13. The fourth-order valence-corrected chi connectivity index (χ4v) is 4.13. The van der Waals surface area contributed by atoms with Crippen LogP contribution in [0.25, 0.3) is 0 Å². The molecule has 2 saturated heterocycles. The lowest BCUT2D eigenvalue weighted by molar-refractivity contribution is -0.158. The van der Waals surface area contributed by atoms with E-state index in [0.29, 0.717) is 44.4 Å². The van der Waals surface area contributed by atoms with Crippen molar-refractivity contribution in [1.82, 2.24) is 10.2 Å². The lowest BCUT2D eigenvalue weighted by atomic mass is 9.79. The van der Waals surface area contributed by atoms with Gasteiger partial charge in [-0.3, -0.25) is 9.59 Å². The summed E-state index contributed by atoms with van der Waals surface area (Å²) in [6.07, 6.45) is 6.97. The SMILES string of the molecule is COCC1(C(=O)O)CCN(C(=O)CC2=CC3CCC(C2)N3)CC1. The molecule has 2 fully saturated rings. The molecule has 0 aromatic carbocycles. The number of aliphatic carboxylic acids is 1. The van der Waals surface area contributed by atoms with E-state index in [0.717, 1.165) is 6.42 Å². The van der Waals surface area contributed by atoms with Crippen LogP contribution in [0.15, 0.2) is 11.6 Å². The van der Waals surface area contributed by atoms with Gasteiger partial charge in [-0.25, -0.2) is 0 Å². The number of fused-ring (bicyclic) bond motifs is 2. The van der Waals surface area contributed by atoms with E-state index in [4.69, 9.17) is 4.74 Å². The summed E-state index contributed by atoms with van der Waals surface area (Å²) >= 11 is 0. The highest BCUT2D eigenvalue weighted by Crippen LogP contribution is 2.33. The van der Waals surface area contributed by atoms with Gasteiger partial charge in [0.05, 0.1) is 12.0 Å². The van der Waals surface area contributed by atoms with Crippen LogP contribution < -0.4 is 5.32 Å². The monoisotopic (exact) mass is 322 g/mol. The molecular formula is C17H26N2O4. The Bertz CT molecular complexity index is 509. The Morgan fingerprint density at radius 3 is 2.74 bits per heavy atom. The Hall–Kier alpha value is -1.40. The van der Waals surface area contributed by atoms with Gasteiger partial charge in [-0.1, -0.05) is 11.6 Å². The van der Waals surface area contributed by atoms with E-state index in [-0.39, 0.29) is 12.5 Å². The summed E-state index contributed by atoms with van der Waals surface area (Å²) in [4.78, 5) is 25.9. The van der Waals surface area contributed by atoms with Crippen LogP contribution in [-0.2, 0) is 14.3 Å². The van der Waals surface area contributed by atoms with Crippen molar-refractivity contribution >= 4 is 11.9 Å². The van der Waals surface area contributed by atoms with E-state index in [2.05, 4.69) is 11.4 Å². The molecule has 6 heteroatoms. The molecule has 2 atom stereocenters. The number of nitrogens with one attached hydrogen (secondary N) is 1. The minimum atomic E-state index is -0.835. The van der Waals surface area contributed by atoms with Crippen LogP contribution >= 0.6 is 0 Å². The van der Waals surface area contributed by atoms with Gasteiger partial charge in [0.2, 0.25) is 5.91 Å². The molecule has 6 nitrogen and oxygen atoms in total. The number of amides is 1. The zero-order chi connectivity index (χ0) is 16.4. The molecule has 0 aromatic rings. The second-order valence-electron chi connectivity index (χ2n) is 7.15. The maximum atomic E-state index is 12.5. The Balaban J connectivity index is 1.55. The van der Waals surface area contributed by atoms with E-state index < -0.39 is 11.4 Å². The average molecular weight is 322 g/mol. The molecule has 0 aromatic heterocycles. The number of carboxylic acids is 1. The van der Waals surface area contributed by atoms with Crippen LogP contribution in [0.1, 0.15) is 38.5 Å². The van der Waals surface area contributed by atoms with Crippen LogP contribution in [0, 0.1) is 5.41 Å². The van der Waals surface area contributed by atoms with Crippen LogP contribution in [0.2, 0.25) is 0 Å². The second-order valence-corrected chi connectivity index (χ2v) is 7.15. The molecule has 2 N–H and O–H groups in total. The third kappa shape index (κ3) is 3.43. The number of hydrogen-bond donors (Lipinski definition) is 2. The zero-order valence-corrected chi connectivity index (χ0v) is 13.7. The highest BCUT2D eigenvalue weighted by Gasteiger charge is 2.42. The van der Waals surface area contributed by atoms with Crippen molar-refractivity contribution in [3.63, 3.8) is 0 Å². The normalized spacial score (nSPS) is 29.3. The molecule has 2 unspecified atom stereocenters. The van der Waals surface area contributed by atoms with E-state index in [1.807, 2.05) is 4.90 Å². The minimum Gasteiger partial charge on any atom is -0.481 e. The number of hydrogen-bond acceptors (Lipinski definition) is 4. The number of carbonyl (C=O) groups excluding carboxylic acids is 1. The first-order valence-electron chi connectivity index (χ1n) is 8.48. The van der Waals surface area contributed by atoms with Gasteiger partial charge in [-0.2, -0.15) is 0 Å². The highest BCUT2D eigenvalue weighted by atomic mass is 16.5. The maximum Gasteiger partial charge on any atom is 0.312 e. The van der Waals surface area contributed by atoms with Crippen LogP contribution in [0.4, 0.5) is 0 Å². The molecule has 0 spiro atoms. The van der Waals surface area contributed by atoms with E-state index in [1.54, 1.807) is 0 Å². The molecule has 1 amide bonds. The number of likely N-dealkylation sites (tertiary alicyclic amines) is 1. The first kappa shape index (κ1) is 16.5. The van der Waals surface area contributed by atoms with Gasteiger partial charge >= 0.3 is 5.97 Å². The summed E-state index contributed by atoms with van der Waals surface area (Å²) in [7, 11) is 1.53. The lowest BCUT2D eigenvalue weighted by Crippen LogP contribution is -2.48. The summed E-state index contributed by atoms with van der Waals surface area (Å²) in [5.41, 5.74) is 0.409. The Kier molecular flexibility index (Phi) is 4.73. The quantitative estimate of drug-likeness (QED) is 0.743. The van der Waals surface area contributed by atoms with E-state index >= 15 is 0 Å². The number of piperidine rings is 1. The van der Waals surface area contributed by atoms with Crippen molar-refractivity contribution in [2.45, 2.75) is 50.6 Å². The standard InChI is InChI=1S/C17H26N2O4/c1-23-11-17(16(21)22)4-6-19(7-5-17)15(20)10-12-8-13-2-3-14(9-12)18-13/h8,13-14,18H,2-7,9-11H2,1H3,(H,21,22). The van der Waals surface area contributed by atoms with Gasteiger partial charge in [0.15, 0.2) is 0 Å². The summed E-state index contributed by atoms with van der Waals surface area (Å²) in [5.74, 6) is -0.682. The van der Waals surface area contributed by atoms with E-state index in [9.17, 15) is 14.7 Å². The summed E-state index contributed by atoms with van der Waals surface area (Å²) < 4.78 is 5.09. The van der Waals surface area contributed by atoms with Crippen molar-refractivity contribution in [2.24, 2.45) is 5.41 Å². The van der Waals surface area contributed by atoms with Crippen molar-refractivity contribution in [1.29, 1.82) is 0 Å². The second kappa shape index (κ2) is 6.61. The minimum absolute atomic E-state index is 0.133. The molecule has 128 valence electrons. The topological polar surface area (TPSA) is 78.9 Å². The van der Waals surface area contributed by atoms with Crippen molar-refractivity contribution < 1.29 is 19.4 Å². The molecule has 0 radical (unpaired) electrons. The summed E-state index contributed by atoms with van der Waals surface area (Å²) in [5, 5.41) is 13.0. The summed E-state index contributed by atoms with van der Waals surface area (Å²) in [6, 6.07) is 0.981. The third-order valence-corrected chi connectivity index (χ3v) is 5.55. The molecule has 3 heterocycles. The number of ether oxygens (including phenoxy) is 1. The van der Waals surface area contributed by atoms with Crippen molar-refractivity contribution in [3.8, 4) is 0 Å². The molecule has 0 aliphatic carbocycles. The smallest absolute Gasteiger partial charge is 0.312 e. The van der Waals surface area contributed by atoms with Crippen LogP contribution in [0.5, 0.6) is 0 Å². The fraction of sp³-hybridized carbons (Fsp3) is 0.765. The van der Waals surface area contributed by atoms with Gasteiger partial charge in [0.1, 0.15) is 0 Å². The zero-order valence-electron chi connectivity index (χ0n) is 13.7. The van der Waals surface area contributed by atoms with Gasteiger partial charge < -0.3 is 20.1 Å². The first-order valence-corrected chi connectivity index (χ1v) is 8.48. The van der Waals surface area contributed by atoms with Gasteiger partial charge in [-0.05, 0) is 32.1 Å². The maximum absolute atomic E-state index is 12.5. The third-order valence-electron chi connectivity index (χ3n) is 5.55. The Labute approximate surface area is 136 Å². The average Bonchev–Trinajstić information content (AvgIpc) is 2.87. The van der Waals surface area contributed by atoms with Crippen molar-refractivity contribution in [2.75, 3.05) is 26.8 Å². The van der Waals surface area contributed by atoms with E-state index in [1.165, 1.54) is 25.5 Å². The van der Waals surface area contributed by atoms with Crippen molar-refractivity contribution in [3.05, 3.63) is 11.6 Å². The number of rotatable bonds is 5. The number of methoxy groups -OCH3 is 1. The number of carboxylic acid groups (broad SMARTS) is 1. The molecule has 3 aliphatic rings. The predicted molar refractivity (Wildman–Crippen MR) is 85.0 cm³/mol. The highest BCUT2D eigenvalue weighted by molar-refractivity contribution is 5.80. The summed E-state index contributed by atoms with van der Waals surface area (Å²) in [6.45, 7) is 1.23. The first-order chi connectivity index (χ1) is 11.0. The Morgan fingerprint density at radius 1 is 1.39 bits per heavy atom. The van der Waals surface area contributed by atoms with Crippen LogP contribution in [0.3, 0.4) is 0 Å². The molecule has 3 aliphatic heterocycles. The molecular weight excluding hydrogens is 296 g/mol.